The summed E-state index contributed by atoms with van der Waals surface area (Å²) >= 11 is 0. The SMILES string of the molecule is N#Cc1cccc(CN(CCN)Cc2ccccc2)c1. The highest BCUT2D eigenvalue weighted by molar-refractivity contribution is 5.32. The molecule has 2 N–H and O–H groups in total. The highest BCUT2D eigenvalue weighted by Crippen LogP contribution is 2.11. The lowest BCUT2D eigenvalue weighted by atomic mass is 10.1. The van der Waals surface area contributed by atoms with Gasteiger partial charge in [0, 0.05) is 26.2 Å². The summed E-state index contributed by atoms with van der Waals surface area (Å²) in [5.41, 5.74) is 8.82. The number of nitrogens with two attached hydrogens (primary N) is 1. The molecule has 0 bridgehead atoms. The highest BCUT2D eigenvalue weighted by Gasteiger charge is 2.06. The summed E-state index contributed by atoms with van der Waals surface area (Å²) in [7, 11) is 0. The lowest BCUT2D eigenvalue weighted by Crippen LogP contribution is -2.28. The summed E-state index contributed by atoms with van der Waals surface area (Å²) in [5.74, 6) is 0. The first-order valence-corrected chi connectivity index (χ1v) is 6.77. The van der Waals surface area contributed by atoms with Gasteiger partial charge in [-0.25, -0.2) is 0 Å². The third-order valence-electron chi connectivity index (χ3n) is 3.16. The fourth-order valence-corrected chi connectivity index (χ4v) is 2.24. The van der Waals surface area contributed by atoms with Gasteiger partial charge in [0.05, 0.1) is 11.6 Å². The van der Waals surface area contributed by atoms with Gasteiger partial charge in [-0.3, -0.25) is 4.90 Å². The van der Waals surface area contributed by atoms with Crippen LogP contribution in [0.15, 0.2) is 54.6 Å². The average molecular weight is 265 g/mol. The van der Waals surface area contributed by atoms with Gasteiger partial charge in [0.25, 0.3) is 0 Å². The Labute approximate surface area is 120 Å². The van der Waals surface area contributed by atoms with Crippen LogP contribution >= 0.6 is 0 Å². The van der Waals surface area contributed by atoms with Crippen molar-refractivity contribution in [1.82, 2.24) is 4.90 Å². The van der Waals surface area contributed by atoms with Gasteiger partial charge in [-0.15, -0.1) is 0 Å². The number of rotatable bonds is 6. The Morgan fingerprint density at radius 2 is 1.65 bits per heavy atom. The lowest BCUT2D eigenvalue weighted by Gasteiger charge is -2.22. The Hall–Kier alpha value is -2.15. The first-order valence-electron chi connectivity index (χ1n) is 6.77. The van der Waals surface area contributed by atoms with E-state index in [9.17, 15) is 0 Å². The van der Waals surface area contributed by atoms with Crippen LogP contribution < -0.4 is 5.73 Å². The maximum absolute atomic E-state index is 8.95. The lowest BCUT2D eigenvalue weighted by molar-refractivity contribution is 0.264. The summed E-state index contributed by atoms with van der Waals surface area (Å²) in [4.78, 5) is 2.30. The van der Waals surface area contributed by atoms with Gasteiger partial charge >= 0.3 is 0 Å². The molecule has 0 spiro atoms. The van der Waals surface area contributed by atoms with Crippen molar-refractivity contribution in [1.29, 1.82) is 5.26 Å². The molecule has 2 rings (SSSR count). The van der Waals surface area contributed by atoms with Crippen LogP contribution in [0.25, 0.3) is 0 Å². The van der Waals surface area contributed by atoms with Crippen molar-refractivity contribution in [2.75, 3.05) is 13.1 Å². The standard InChI is InChI=1S/C17H19N3/c18-9-10-20(13-15-5-2-1-3-6-15)14-17-8-4-7-16(11-17)12-19/h1-8,11H,9-10,13-14,18H2. The van der Waals surface area contributed by atoms with Crippen molar-refractivity contribution in [3.63, 3.8) is 0 Å². The van der Waals surface area contributed by atoms with E-state index in [1.54, 1.807) is 0 Å². The number of nitrogens with zero attached hydrogens (tertiary/aromatic N) is 2. The maximum atomic E-state index is 8.95. The molecule has 0 aliphatic heterocycles. The molecule has 20 heavy (non-hydrogen) atoms. The molecule has 0 fully saturated rings. The van der Waals surface area contributed by atoms with Crippen LogP contribution in [0.4, 0.5) is 0 Å². The molecule has 2 aromatic rings. The Bertz CT molecular complexity index is 572. The first kappa shape index (κ1) is 14.3. The van der Waals surface area contributed by atoms with Gasteiger partial charge in [0.15, 0.2) is 0 Å². The Balaban J connectivity index is 2.07. The molecule has 0 aliphatic carbocycles. The molecule has 2 aromatic carbocycles. The molecule has 0 unspecified atom stereocenters. The minimum atomic E-state index is 0.630. The normalized spacial score (nSPS) is 10.4. The fourth-order valence-electron chi connectivity index (χ4n) is 2.24. The van der Waals surface area contributed by atoms with Crippen molar-refractivity contribution in [2.45, 2.75) is 13.1 Å². The van der Waals surface area contributed by atoms with E-state index in [0.717, 1.165) is 25.2 Å². The number of nitriles is 1. The molecule has 0 aromatic heterocycles. The monoisotopic (exact) mass is 265 g/mol. The Morgan fingerprint density at radius 1 is 0.950 bits per heavy atom. The van der Waals surface area contributed by atoms with Crippen LogP contribution in [-0.2, 0) is 13.1 Å². The van der Waals surface area contributed by atoms with E-state index >= 15 is 0 Å². The third-order valence-corrected chi connectivity index (χ3v) is 3.16. The van der Waals surface area contributed by atoms with E-state index in [-0.39, 0.29) is 0 Å². The summed E-state index contributed by atoms with van der Waals surface area (Å²) in [5, 5.41) is 8.95. The van der Waals surface area contributed by atoms with E-state index < -0.39 is 0 Å². The van der Waals surface area contributed by atoms with Crippen molar-refractivity contribution in [3.05, 3.63) is 71.3 Å². The maximum Gasteiger partial charge on any atom is 0.0991 e. The van der Waals surface area contributed by atoms with Gasteiger partial charge in [-0.2, -0.15) is 5.26 Å². The van der Waals surface area contributed by atoms with E-state index in [2.05, 4.69) is 29.2 Å². The molecular formula is C17H19N3. The molecule has 102 valence electrons. The van der Waals surface area contributed by atoms with Crippen molar-refractivity contribution < 1.29 is 0 Å². The van der Waals surface area contributed by atoms with Crippen molar-refractivity contribution in [2.24, 2.45) is 5.73 Å². The van der Waals surface area contributed by atoms with Crippen molar-refractivity contribution >= 4 is 0 Å². The minimum Gasteiger partial charge on any atom is -0.329 e. The topological polar surface area (TPSA) is 53.0 Å². The molecule has 0 radical (unpaired) electrons. The van der Waals surface area contributed by atoms with Crippen LogP contribution in [0.1, 0.15) is 16.7 Å². The first-order chi connectivity index (χ1) is 9.81. The Morgan fingerprint density at radius 3 is 2.35 bits per heavy atom. The smallest absolute Gasteiger partial charge is 0.0991 e. The average Bonchev–Trinajstić information content (AvgIpc) is 2.49. The van der Waals surface area contributed by atoms with Crippen LogP contribution in [0.3, 0.4) is 0 Å². The van der Waals surface area contributed by atoms with E-state index in [1.807, 2.05) is 36.4 Å². The predicted octanol–water partition coefficient (Wildman–Crippen LogP) is 2.52. The van der Waals surface area contributed by atoms with Gasteiger partial charge in [-0.1, -0.05) is 42.5 Å². The molecule has 0 heterocycles. The molecular weight excluding hydrogens is 246 g/mol. The second kappa shape index (κ2) is 7.44. The molecule has 0 saturated carbocycles. The molecule has 0 aliphatic rings. The molecule has 0 atom stereocenters. The molecule has 3 nitrogen and oxygen atoms in total. The van der Waals surface area contributed by atoms with Gasteiger partial charge in [0.1, 0.15) is 0 Å². The summed E-state index contributed by atoms with van der Waals surface area (Å²) in [6, 6.07) is 20.3. The second-order valence-electron chi connectivity index (χ2n) is 4.80. The van der Waals surface area contributed by atoms with E-state index in [1.165, 1.54) is 5.56 Å². The van der Waals surface area contributed by atoms with E-state index in [0.29, 0.717) is 12.1 Å². The summed E-state index contributed by atoms with van der Waals surface area (Å²) in [6.45, 7) is 3.15. The minimum absolute atomic E-state index is 0.630. The molecule has 0 amide bonds. The van der Waals surface area contributed by atoms with Gasteiger partial charge in [0.2, 0.25) is 0 Å². The van der Waals surface area contributed by atoms with Gasteiger partial charge < -0.3 is 5.73 Å². The number of benzene rings is 2. The zero-order valence-corrected chi connectivity index (χ0v) is 11.5. The summed E-state index contributed by atoms with van der Waals surface area (Å²) in [6.07, 6.45) is 0. The summed E-state index contributed by atoms with van der Waals surface area (Å²) < 4.78 is 0. The zero-order chi connectivity index (χ0) is 14.2. The molecule has 0 saturated heterocycles. The van der Waals surface area contributed by atoms with Crippen LogP contribution in [0.5, 0.6) is 0 Å². The van der Waals surface area contributed by atoms with Crippen LogP contribution in [-0.4, -0.2) is 18.0 Å². The number of hydrogen-bond donors (Lipinski definition) is 1. The van der Waals surface area contributed by atoms with Gasteiger partial charge in [-0.05, 0) is 23.3 Å². The Kier molecular flexibility index (Phi) is 5.31. The zero-order valence-electron chi connectivity index (χ0n) is 11.5. The largest absolute Gasteiger partial charge is 0.329 e. The number of hydrogen-bond acceptors (Lipinski definition) is 3. The predicted molar refractivity (Wildman–Crippen MR) is 80.8 cm³/mol. The molecule has 3 heteroatoms. The van der Waals surface area contributed by atoms with Crippen molar-refractivity contribution in [3.8, 4) is 6.07 Å². The van der Waals surface area contributed by atoms with Crippen LogP contribution in [0.2, 0.25) is 0 Å². The fraction of sp³-hybridized carbons (Fsp3) is 0.235. The second-order valence-corrected chi connectivity index (χ2v) is 4.80. The quantitative estimate of drug-likeness (QED) is 0.873. The third kappa shape index (κ3) is 4.20. The van der Waals surface area contributed by atoms with Crippen LogP contribution in [0, 0.1) is 11.3 Å². The van der Waals surface area contributed by atoms with E-state index in [4.69, 9.17) is 11.0 Å². The highest BCUT2D eigenvalue weighted by atomic mass is 15.1.